The molecule has 2 unspecified atom stereocenters. The number of benzene rings is 2. The molecule has 0 aliphatic heterocycles. The van der Waals surface area contributed by atoms with Gasteiger partial charge < -0.3 is 10.1 Å². The van der Waals surface area contributed by atoms with Crippen LogP contribution in [0.15, 0.2) is 49.1 Å². The molecule has 0 fully saturated rings. The fraction of sp³-hybridized carbons (Fsp3) is 0.364. The number of nitrogens with one attached hydrogen (secondary N) is 1. The van der Waals surface area contributed by atoms with Crippen LogP contribution in [0.3, 0.4) is 0 Å². The van der Waals surface area contributed by atoms with E-state index in [0.29, 0.717) is 13.2 Å². The Morgan fingerprint density at radius 2 is 1.65 bits per heavy atom. The van der Waals surface area contributed by atoms with Crippen molar-refractivity contribution in [3.8, 4) is 0 Å². The SMILES string of the molecule is C=CC(C)NCC(COCc1c(F)cccc1F)c1c(C)cccc1C. The lowest BCUT2D eigenvalue weighted by atomic mass is 9.91. The Morgan fingerprint density at radius 3 is 2.23 bits per heavy atom. The second-order valence-electron chi connectivity index (χ2n) is 6.65. The Labute approximate surface area is 154 Å². The minimum atomic E-state index is -0.577. The van der Waals surface area contributed by atoms with Gasteiger partial charge in [-0.1, -0.05) is 30.3 Å². The highest BCUT2D eigenvalue weighted by molar-refractivity contribution is 5.37. The summed E-state index contributed by atoms with van der Waals surface area (Å²) in [6, 6.07) is 10.2. The maximum absolute atomic E-state index is 13.8. The van der Waals surface area contributed by atoms with Crippen molar-refractivity contribution in [3.63, 3.8) is 0 Å². The van der Waals surface area contributed by atoms with Gasteiger partial charge in [0.2, 0.25) is 0 Å². The molecular weight excluding hydrogens is 332 g/mol. The molecule has 0 bridgehead atoms. The maximum atomic E-state index is 13.8. The van der Waals surface area contributed by atoms with Crippen LogP contribution in [0, 0.1) is 25.5 Å². The van der Waals surface area contributed by atoms with Crippen LogP contribution < -0.4 is 5.32 Å². The third-order valence-electron chi connectivity index (χ3n) is 4.62. The van der Waals surface area contributed by atoms with E-state index in [2.05, 4.69) is 37.9 Å². The molecule has 0 aliphatic rings. The van der Waals surface area contributed by atoms with Crippen molar-refractivity contribution in [1.82, 2.24) is 5.32 Å². The Hall–Kier alpha value is -2.04. The molecule has 2 aromatic rings. The first-order valence-electron chi connectivity index (χ1n) is 8.86. The van der Waals surface area contributed by atoms with Crippen LogP contribution in [-0.4, -0.2) is 19.2 Å². The van der Waals surface area contributed by atoms with Crippen molar-refractivity contribution in [2.24, 2.45) is 0 Å². The highest BCUT2D eigenvalue weighted by Gasteiger charge is 2.18. The topological polar surface area (TPSA) is 21.3 Å². The minimum Gasteiger partial charge on any atom is -0.376 e. The highest BCUT2D eigenvalue weighted by atomic mass is 19.1. The van der Waals surface area contributed by atoms with Gasteiger partial charge >= 0.3 is 0 Å². The highest BCUT2D eigenvalue weighted by Crippen LogP contribution is 2.25. The van der Waals surface area contributed by atoms with Crippen LogP contribution >= 0.6 is 0 Å². The van der Waals surface area contributed by atoms with Gasteiger partial charge in [-0.2, -0.15) is 0 Å². The van der Waals surface area contributed by atoms with Gasteiger partial charge in [-0.15, -0.1) is 6.58 Å². The van der Waals surface area contributed by atoms with E-state index in [4.69, 9.17) is 4.74 Å². The largest absolute Gasteiger partial charge is 0.376 e. The van der Waals surface area contributed by atoms with E-state index in [1.165, 1.54) is 34.9 Å². The maximum Gasteiger partial charge on any atom is 0.131 e. The molecule has 0 radical (unpaired) electrons. The van der Waals surface area contributed by atoms with Gasteiger partial charge in [-0.25, -0.2) is 8.78 Å². The van der Waals surface area contributed by atoms with Crippen molar-refractivity contribution < 1.29 is 13.5 Å². The van der Waals surface area contributed by atoms with Gasteiger partial charge in [-0.05, 0) is 49.6 Å². The third kappa shape index (κ3) is 5.23. The molecule has 26 heavy (non-hydrogen) atoms. The first-order valence-corrected chi connectivity index (χ1v) is 8.86. The quantitative estimate of drug-likeness (QED) is 0.633. The lowest BCUT2D eigenvalue weighted by Crippen LogP contribution is -2.31. The molecule has 0 saturated carbocycles. The molecule has 0 spiro atoms. The van der Waals surface area contributed by atoms with Gasteiger partial charge in [0, 0.05) is 24.1 Å². The fourth-order valence-electron chi connectivity index (χ4n) is 3.10. The van der Waals surface area contributed by atoms with E-state index in [9.17, 15) is 8.78 Å². The Kier molecular flexibility index (Phi) is 7.49. The van der Waals surface area contributed by atoms with E-state index in [0.717, 1.165) is 0 Å². The number of ether oxygens (including phenoxy) is 1. The summed E-state index contributed by atoms with van der Waals surface area (Å²) in [5.74, 6) is -1.08. The average Bonchev–Trinajstić information content (AvgIpc) is 2.60. The Morgan fingerprint density at radius 1 is 1.08 bits per heavy atom. The van der Waals surface area contributed by atoms with E-state index in [1.54, 1.807) is 0 Å². The van der Waals surface area contributed by atoms with Crippen LogP contribution in [0.5, 0.6) is 0 Å². The third-order valence-corrected chi connectivity index (χ3v) is 4.62. The van der Waals surface area contributed by atoms with Gasteiger partial charge in [0.05, 0.1) is 13.2 Å². The van der Waals surface area contributed by atoms with Crippen molar-refractivity contribution in [2.45, 2.75) is 39.3 Å². The second-order valence-corrected chi connectivity index (χ2v) is 6.65. The van der Waals surface area contributed by atoms with Crippen molar-refractivity contribution in [3.05, 3.63) is 82.9 Å². The molecule has 0 aromatic heterocycles. The molecule has 0 heterocycles. The Bertz CT molecular complexity index is 704. The summed E-state index contributed by atoms with van der Waals surface area (Å²) in [6.07, 6.45) is 1.84. The lowest BCUT2D eigenvalue weighted by Gasteiger charge is -2.23. The van der Waals surface area contributed by atoms with E-state index < -0.39 is 11.6 Å². The van der Waals surface area contributed by atoms with Gasteiger partial charge in [0.25, 0.3) is 0 Å². The number of halogens is 2. The van der Waals surface area contributed by atoms with Gasteiger partial charge in [-0.3, -0.25) is 0 Å². The molecule has 1 N–H and O–H groups in total. The minimum absolute atomic E-state index is 0.0276. The number of hydrogen-bond donors (Lipinski definition) is 1. The smallest absolute Gasteiger partial charge is 0.131 e. The number of hydrogen-bond acceptors (Lipinski definition) is 2. The molecule has 0 saturated heterocycles. The van der Waals surface area contributed by atoms with Crippen molar-refractivity contribution in [1.29, 1.82) is 0 Å². The van der Waals surface area contributed by atoms with Crippen molar-refractivity contribution >= 4 is 0 Å². The predicted octanol–water partition coefficient (Wildman–Crippen LogP) is 5.05. The first-order chi connectivity index (χ1) is 12.4. The van der Waals surface area contributed by atoms with Gasteiger partial charge in [0.15, 0.2) is 0 Å². The summed E-state index contributed by atoms with van der Waals surface area (Å²) in [5.41, 5.74) is 3.55. The van der Waals surface area contributed by atoms with E-state index in [-0.39, 0.29) is 24.1 Å². The molecular formula is C22H27F2NO. The van der Waals surface area contributed by atoms with Crippen LogP contribution in [0.4, 0.5) is 8.78 Å². The molecule has 0 aliphatic carbocycles. The molecule has 2 aromatic carbocycles. The molecule has 4 heteroatoms. The van der Waals surface area contributed by atoms with E-state index >= 15 is 0 Å². The van der Waals surface area contributed by atoms with Crippen LogP contribution in [0.25, 0.3) is 0 Å². The Balaban J connectivity index is 2.12. The summed E-state index contributed by atoms with van der Waals surface area (Å²) in [4.78, 5) is 0. The normalized spacial score (nSPS) is 13.4. The van der Waals surface area contributed by atoms with Gasteiger partial charge in [0.1, 0.15) is 11.6 Å². The fourth-order valence-corrected chi connectivity index (χ4v) is 3.10. The van der Waals surface area contributed by atoms with Crippen LogP contribution in [0.1, 0.15) is 35.1 Å². The zero-order chi connectivity index (χ0) is 19.1. The van der Waals surface area contributed by atoms with Crippen molar-refractivity contribution in [2.75, 3.05) is 13.2 Å². The zero-order valence-electron chi connectivity index (χ0n) is 15.7. The molecule has 2 nitrogen and oxygen atoms in total. The molecule has 0 amide bonds. The summed E-state index contributed by atoms with van der Waals surface area (Å²) < 4.78 is 33.3. The summed E-state index contributed by atoms with van der Waals surface area (Å²) in [5, 5.41) is 3.41. The predicted molar refractivity (Wildman–Crippen MR) is 102 cm³/mol. The standard InChI is InChI=1S/C22H27F2NO/c1-5-17(4)25-12-18(22-15(2)8-6-9-16(22)3)13-26-14-19-20(23)10-7-11-21(19)24/h5-11,17-18,25H,1,12-14H2,2-4H3. The number of aryl methyl sites for hydroxylation is 2. The molecule has 2 rings (SSSR count). The average molecular weight is 359 g/mol. The molecule has 2 atom stereocenters. The summed E-state index contributed by atoms with van der Waals surface area (Å²) in [7, 11) is 0. The summed E-state index contributed by atoms with van der Waals surface area (Å²) >= 11 is 0. The molecule has 140 valence electrons. The van der Waals surface area contributed by atoms with E-state index in [1.807, 2.05) is 19.1 Å². The number of rotatable bonds is 9. The van der Waals surface area contributed by atoms with Crippen LogP contribution in [0.2, 0.25) is 0 Å². The zero-order valence-corrected chi connectivity index (χ0v) is 15.7. The lowest BCUT2D eigenvalue weighted by molar-refractivity contribution is 0.101. The second kappa shape index (κ2) is 9.60. The summed E-state index contributed by atoms with van der Waals surface area (Å²) in [6.45, 7) is 10.9. The van der Waals surface area contributed by atoms with Crippen LogP contribution in [-0.2, 0) is 11.3 Å². The first kappa shape index (κ1) is 20.3. The monoisotopic (exact) mass is 359 g/mol.